The lowest BCUT2D eigenvalue weighted by Gasteiger charge is -2.36. The molecule has 0 aliphatic carbocycles. The number of carbonyl (C=O) groups is 1. The Hall–Kier alpha value is -2.70. The molecule has 0 atom stereocenters. The molecule has 4 nitrogen and oxygen atoms in total. The molecule has 0 spiro atoms. The molecule has 0 radical (unpaired) electrons. The smallest absolute Gasteiger partial charge is 0.322 e. The number of piperazine rings is 1. The number of hydrogen-bond donors (Lipinski definition) is 1. The van der Waals surface area contributed by atoms with E-state index in [0.717, 1.165) is 23.9 Å². The number of amides is 2. The standard InChI is InChI=1S/C17H16F3N3O/c18-12-1-4-14(5-2-12)22-7-9-23(10-8-22)17(24)21-16-11-13(19)3-6-15(16)20/h1-6,11H,7-10H2,(H,21,24). The molecule has 1 saturated heterocycles. The first-order chi connectivity index (χ1) is 11.5. The van der Waals surface area contributed by atoms with Crippen LogP contribution in [0.15, 0.2) is 42.5 Å². The normalized spacial score (nSPS) is 14.6. The van der Waals surface area contributed by atoms with Gasteiger partial charge in [-0.1, -0.05) is 0 Å². The molecule has 1 heterocycles. The summed E-state index contributed by atoms with van der Waals surface area (Å²) in [7, 11) is 0. The number of rotatable bonds is 2. The van der Waals surface area contributed by atoms with Crippen molar-refractivity contribution in [2.75, 3.05) is 36.4 Å². The van der Waals surface area contributed by atoms with Gasteiger partial charge >= 0.3 is 6.03 Å². The molecule has 126 valence electrons. The molecule has 0 aromatic heterocycles. The second-order valence-corrected chi connectivity index (χ2v) is 5.50. The Morgan fingerprint density at radius 2 is 1.50 bits per heavy atom. The van der Waals surface area contributed by atoms with Gasteiger partial charge in [-0.05, 0) is 36.4 Å². The first kappa shape index (κ1) is 16.2. The predicted molar refractivity (Wildman–Crippen MR) is 85.6 cm³/mol. The van der Waals surface area contributed by atoms with Crippen LogP contribution in [0.4, 0.5) is 29.3 Å². The van der Waals surface area contributed by atoms with Gasteiger partial charge in [0.25, 0.3) is 0 Å². The molecule has 2 amide bonds. The fourth-order valence-electron chi connectivity index (χ4n) is 2.61. The summed E-state index contributed by atoms with van der Waals surface area (Å²) in [6.07, 6.45) is 0. The first-order valence-electron chi connectivity index (χ1n) is 7.54. The maximum absolute atomic E-state index is 13.6. The van der Waals surface area contributed by atoms with Gasteiger partial charge < -0.3 is 15.1 Å². The van der Waals surface area contributed by atoms with E-state index in [2.05, 4.69) is 5.32 Å². The van der Waals surface area contributed by atoms with Crippen LogP contribution < -0.4 is 10.2 Å². The number of nitrogens with zero attached hydrogens (tertiary/aromatic N) is 2. The lowest BCUT2D eigenvalue weighted by atomic mass is 10.2. The molecule has 1 N–H and O–H groups in total. The van der Waals surface area contributed by atoms with Crippen molar-refractivity contribution in [3.05, 3.63) is 59.9 Å². The minimum atomic E-state index is -0.685. The predicted octanol–water partition coefficient (Wildman–Crippen LogP) is 3.46. The number of urea groups is 1. The van der Waals surface area contributed by atoms with Gasteiger partial charge in [0.15, 0.2) is 0 Å². The highest BCUT2D eigenvalue weighted by atomic mass is 19.1. The SMILES string of the molecule is O=C(Nc1cc(F)ccc1F)N1CCN(c2ccc(F)cc2)CC1. The fraction of sp³-hybridized carbons (Fsp3) is 0.235. The molecule has 7 heteroatoms. The fourth-order valence-corrected chi connectivity index (χ4v) is 2.61. The van der Waals surface area contributed by atoms with Crippen LogP contribution >= 0.6 is 0 Å². The zero-order valence-corrected chi connectivity index (χ0v) is 12.8. The van der Waals surface area contributed by atoms with E-state index in [1.54, 1.807) is 12.1 Å². The minimum absolute atomic E-state index is 0.180. The van der Waals surface area contributed by atoms with E-state index in [0.29, 0.717) is 26.2 Å². The van der Waals surface area contributed by atoms with E-state index in [1.807, 2.05) is 4.90 Å². The van der Waals surface area contributed by atoms with Gasteiger partial charge in [-0.3, -0.25) is 0 Å². The largest absolute Gasteiger partial charge is 0.368 e. The van der Waals surface area contributed by atoms with E-state index in [4.69, 9.17) is 0 Å². The maximum Gasteiger partial charge on any atom is 0.322 e. The molecule has 24 heavy (non-hydrogen) atoms. The molecular weight excluding hydrogens is 319 g/mol. The van der Waals surface area contributed by atoms with Crippen molar-refractivity contribution < 1.29 is 18.0 Å². The average molecular weight is 335 g/mol. The van der Waals surface area contributed by atoms with Gasteiger partial charge in [0.05, 0.1) is 5.69 Å². The monoisotopic (exact) mass is 335 g/mol. The molecule has 1 aliphatic rings. The van der Waals surface area contributed by atoms with Crippen LogP contribution in [0, 0.1) is 17.5 Å². The Kier molecular flexibility index (Phi) is 4.59. The molecule has 0 saturated carbocycles. The molecule has 0 unspecified atom stereocenters. The van der Waals surface area contributed by atoms with Crippen LogP contribution in [0.1, 0.15) is 0 Å². The van der Waals surface area contributed by atoms with Gasteiger partial charge in [-0.2, -0.15) is 0 Å². The summed E-state index contributed by atoms with van der Waals surface area (Å²) in [5.74, 6) is -1.60. The van der Waals surface area contributed by atoms with Gasteiger partial charge in [0.1, 0.15) is 17.5 Å². The van der Waals surface area contributed by atoms with Gasteiger partial charge in [0.2, 0.25) is 0 Å². The van der Waals surface area contributed by atoms with E-state index >= 15 is 0 Å². The maximum atomic E-state index is 13.6. The van der Waals surface area contributed by atoms with Crippen molar-refractivity contribution in [1.29, 1.82) is 0 Å². The lowest BCUT2D eigenvalue weighted by Crippen LogP contribution is -2.50. The number of benzene rings is 2. The van der Waals surface area contributed by atoms with Crippen molar-refractivity contribution in [2.45, 2.75) is 0 Å². The summed E-state index contributed by atoms with van der Waals surface area (Å²) in [6.45, 7) is 2.01. The van der Waals surface area contributed by atoms with Crippen LogP contribution in [-0.2, 0) is 0 Å². The number of nitrogens with one attached hydrogen (secondary N) is 1. The third kappa shape index (κ3) is 3.61. The van der Waals surface area contributed by atoms with Gasteiger partial charge in [-0.25, -0.2) is 18.0 Å². The Morgan fingerprint density at radius 1 is 0.875 bits per heavy atom. The molecule has 1 fully saturated rings. The topological polar surface area (TPSA) is 35.6 Å². The third-order valence-corrected chi connectivity index (χ3v) is 3.93. The summed E-state index contributed by atoms with van der Waals surface area (Å²) >= 11 is 0. The molecule has 2 aromatic carbocycles. The summed E-state index contributed by atoms with van der Waals surface area (Å²) in [4.78, 5) is 15.7. The summed E-state index contributed by atoms with van der Waals surface area (Å²) < 4.78 is 39.7. The van der Waals surface area contributed by atoms with Crippen LogP contribution in [0.5, 0.6) is 0 Å². The highest BCUT2D eigenvalue weighted by molar-refractivity contribution is 5.89. The van der Waals surface area contributed by atoms with Gasteiger partial charge in [-0.15, -0.1) is 0 Å². The molecule has 1 aliphatic heterocycles. The zero-order valence-electron chi connectivity index (χ0n) is 12.8. The van der Waals surface area contributed by atoms with Crippen molar-refractivity contribution >= 4 is 17.4 Å². The van der Waals surface area contributed by atoms with Crippen molar-refractivity contribution in [1.82, 2.24) is 4.90 Å². The Balaban J connectivity index is 1.59. The van der Waals surface area contributed by atoms with Gasteiger partial charge in [0, 0.05) is 37.9 Å². The Labute approximate surface area is 137 Å². The number of halogens is 3. The number of hydrogen-bond acceptors (Lipinski definition) is 2. The second kappa shape index (κ2) is 6.82. The van der Waals surface area contributed by atoms with E-state index in [1.165, 1.54) is 17.0 Å². The Bertz CT molecular complexity index is 728. The molecular formula is C17H16F3N3O. The van der Waals surface area contributed by atoms with E-state index in [9.17, 15) is 18.0 Å². The highest BCUT2D eigenvalue weighted by Gasteiger charge is 2.22. The molecule has 3 rings (SSSR count). The summed E-state index contributed by atoms with van der Waals surface area (Å²) in [5, 5.41) is 2.39. The second-order valence-electron chi connectivity index (χ2n) is 5.50. The van der Waals surface area contributed by atoms with E-state index < -0.39 is 17.7 Å². The van der Waals surface area contributed by atoms with Crippen LogP contribution in [-0.4, -0.2) is 37.1 Å². The van der Waals surface area contributed by atoms with Crippen LogP contribution in [0.3, 0.4) is 0 Å². The Morgan fingerprint density at radius 3 is 2.17 bits per heavy atom. The lowest BCUT2D eigenvalue weighted by molar-refractivity contribution is 0.208. The van der Waals surface area contributed by atoms with Crippen molar-refractivity contribution in [3.63, 3.8) is 0 Å². The molecule has 2 aromatic rings. The summed E-state index contributed by atoms with van der Waals surface area (Å²) in [6, 6.07) is 8.59. The van der Waals surface area contributed by atoms with Crippen LogP contribution in [0.2, 0.25) is 0 Å². The zero-order chi connectivity index (χ0) is 17.1. The summed E-state index contributed by atoms with van der Waals surface area (Å²) in [5.41, 5.74) is 0.702. The van der Waals surface area contributed by atoms with Crippen molar-refractivity contribution in [2.24, 2.45) is 0 Å². The van der Waals surface area contributed by atoms with Crippen LogP contribution in [0.25, 0.3) is 0 Å². The minimum Gasteiger partial charge on any atom is -0.368 e. The highest BCUT2D eigenvalue weighted by Crippen LogP contribution is 2.19. The third-order valence-electron chi connectivity index (χ3n) is 3.93. The van der Waals surface area contributed by atoms with E-state index in [-0.39, 0.29) is 11.5 Å². The first-order valence-corrected chi connectivity index (χ1v) is 7.54. The van der Waals surface area contributed by atoms with Crippen molar-refractivity contribution in [3.8, 4) is 0 Å². The quantitative estimate of drug-likeness (QED) is 0.912. The average Bonchev–Trinajstić information content (AvgIpc) is 2.59. The molecule has 0 bridgehead atoms. The number of anilines is 2. The number of carbonyl (C=O) groups excluding carboxylic acids is 1.